The SMILES string of the molecule is CNCCn1cc(S(=O)(=O)NCC2CCOC2C)cn1. The molecule has 1 saturated heterocycles. The number of sulfonamides is 1. The van der Waals surface area contributed by atoms with E-state index in [4.69, 9.17) is 4.74 Å². The molecule has 2 N–H and O–H groups in total. The van der Waals surface area contributed by atoms with Crippen LogP contribution >= 0.6 is 0 Å². The van der Waals surface area contributed by atoms with Crippen LogP contribution in [0.3, 0.4) is 0 Å². The highest BCUT2D eigenvalue weighted by atomic mass is 32.2. The Kier molecular flexibility index (Phi) is 5.14. The Bertz CT molecular complexity index is 529. The van der Waals surface area contributed by atoms with Crippen molar-refractivity contribution in [2.24, 2.45) is 5.92 Å². The van der Waals surface area contributed by atoms with Crippen molar-refractivity contribution in [1.82, 2.24) is 19.8 Å². The van der Waals surface area contributed by atoms with Crippen molar-refractivity contribution in [2.75, 3.05) is 26.7 Å². The second-order valence-electron chi connectivity index (χ2n) is 5.02. The number of aromatic nitrogens is 2. The summed E-state index contributed by atoms with van der Waals surface area (Å²) in [4.78, 5) is 0.208. The molecule has 2 unspecified atom stereocenters. The van der Waals surface area contributed by atoms with Crippen LogP contribution < -0.4 is 10.0 Å². The third kappa shape index (κ3) is 3.78. The first kappa shape index (κ1) is 15.4. The Morgan fingerprint density at radius 3 is 3.00 bits per heavy atom. The lowest BCUT2D eigenvalue weighted by Gasteiger charge is -2.14. The van der Waals surface area contributed by atoms with E-state index >= 15 is 0 Å². The van der Waals surface area contributed by atoms with Crippen molar-refractivity contribution in [1.29, 1.82) is 0 Å². The molecule has 2 rings (SSSR count). The van der Waals surface area contributed by atoms with Gasteiger partial charge >= 0.3 is 0 Å². The van der Waals surface area contributed by atoms with Crippen LogP contribution in [-0.2, 0) is 21.3 Å². The molecule has 0 aliphatic carbocycles. The van der Waals surface area contributed by atoms with E-state index in [1.165, 1.54) is 6.20 Å². The van der Waals surface area contributed by atoms with Crippen LogP contribution in [0.2, 0.25) is 0 Å². The van der Waals surface area contributed by atoms with Crippen molar-refractivity contribution < 1.29 is 13.2 Å². The summed E-state index contributed by atoms with van der Waals surface area (Å²) in [7, 11) is -1.64. The smallest absolute Gasteiger partial charge is 0.243 e. The minimum Gasteiger partial charge on any atom is -0.378 e. The molecule has 0 amide bonds. The number of ether oxygens (including phenoxy) is 1. The Balaban J connectivity index is 1.93. The zero-order valence-electron chi connectivity index (χ0n) is 11.9. The molecule has 1 aromatic rings. The summed E-state index contributed by atoms with van der Waals surface area (Å²) in [5, 5.41) is 7.04. The van der Waals surface area contributed by atoms with Crippen molar-refractivity contribution >= 4 is 10.0 Å². The fourth-order valence-corrected chi connectivity index (χ4v) is 3.22. The van der Waals surface area contributed by atoms with Gasteiger partial charge in [0, 0.05) is 31.8 Å². The predicted molar refractivity (Wildman–Crippen MR) is 74.9 cm³/mol. The van der Waals surface area contributed by atoms with E-state index in [0.29, 0.717) is 19.7 Å². The molecule has 1 aliphatic heterocycles. The number of likely N-dealkylation sites (N-methyl/N-ethyl adjacent to an activating group) is 1. The summed E-state index contributed by atoms with van der Waals surface area (Å²) in [5.74, 6) is 0.240. The quantitative estimate of drug-likeness (QED) is 0.729. The summed E-state index contributed by atoms with van der Waals surface area (Å²) in [5.41, 5.74) is 0. The Labute approximate surface area is 119 Å². The van der Waals surface area contributed by atoms with E-state index in [2.05, 4.69) is 15.1 Å². The van der Waals surface area contributed by atoms with Gasteiger partial charge in [0.1, 0.15) is 4.90 Å². The van der Waals surface area contributed by atoms with Crippen molar-refractivity contribution in [2.45, 2.75) is 30.9 Å². The minimum absolute atomic E-state index is 0.107. The molecule has 0 radical (unpaired) electrons. The number of hydrogen-bond donors (Lipinski definition) is 2. The highest BCUT2D eigenvalue weighted by molar-refractivity contribution is 7.89. The Morgan fingerprint density at radius 1 is 1.55 bits per heavy atom. The number of nitrogens with zero attached hydrogens (tertiary/aromatic N) is 2. The molecule has 2 heterocycles. The van der Waals surface area contributed by atoms with Crippen LogP contribution in [-0.4, -0.2) is 51.0 Å². The van der Waals surface area contributed by atoms with Crippen LogP contribution in [0.25, 0.3) is 0 Å². The lowest BCUT2D eigenvalue weighted by atomic mass is 10.0. The lowest BCUT2D eigenvalue weighted by molar-refractivity contribution is 0.107. The van der Waals surface area contributed by atoms with Gasteiger partial charge in [0.05, 0.1) is 18.8 Å². The van der Waals surface area contributed by atoms with Gasteiger partial charge in [-0.1, -0.05) is 0 Å². The zero-order chi connectivity index (χ0) is 14.6. The number of nitrogens with one attached hydrogen (secondary N) is 2. The first-order valence-corrected chi connectivity index (χ1v) is 8.29. The summed E-state index contributed by atoms with van der Waals surface area (Å²) in [6.07, 6.45) is 3.93. The van der Waals surface area contributed by atoms with E-state index in [0.717, 1.165) is 13.0 Å². The molecular formula is C12H22N4O3S. The van der Waals surface area contributed by atoms with Gasteiger partial charge in [0.15, 0.2) is 0 Å². The molecule has 0 saturated carbocycles. The molecule has 1 aliphatic rings. The summed E-state index contributed by atoms with van der Waals surface area (Å²) >= 11 is 0. The lowest BCUT2D eigenvalue weighted by Crippen LogP contribution is -2.31. The summed E-state index contributed by atoms with van der Waals surface area (Å²) < 4.78 is 34.0. The molecular weight excluding hydrogens is 280 g/mol. The van der Waals surface area contributed by atoms with E-state index in [1.54, 1.807) is 10.9 Å². The highest BCUT2D eigenvalue weighted by Crippen LogP contribution is 2.20. The Hall–Kier alpha value is -0.960. The van der Waals surface area contributed by atoms with E-state index < -0.39 is 10.0 Å². The fraction of sp³-hybridized carbons (Fsp3) is 0.750. The minimum atomic E-state index is -3.48. The van der Waals surface area contributed by atoms with Gasteiger partial charge in [-0.2, -0.15) is 5.10 Å². The topological polar surface area (TPSA) is 85.2 Å². The molecule has 8 heteroatoms. The monoisotopic (exact) mass is 302 g/mol. The zero-order valence-corrected chi connectivity index (χ0v) is 12.7. The van der Waals surface area contributed by atoms with E-state index in [9.17, 15) is 8.42 Å². The maximum Gasteiger partial charge on any atom is 0.243 e. The highest BCUT2D eigenvalue weighted by Gasteiger charge is 2.26. The maximum absolute atomic E-state index is 12.2. The molecule has 1 aromatic heterocycles. The van der Waals surface area contributed by atoms with Crippen molar-refractivity contribution in [3.05, 3.63) is 12.4 Å². The fourth-order valence-electron chi connectivity index (χ4n) is 2.18. The molecule has 20 heavy (non-hydrogen) atoms. The largest absolute Gasteiger partial charge is 0.378 e. The van der Waals surface area contributed by atoms with Crippen molar-refractivity contribution in [3.8, 4) is 0 Å². The van der Waals surface area contributed by atoms with Crippen LogP contribution in [0.4, 0.5) is 0 Å². The third-order valence-corrected chi connectivity index (χ3v) is 4.96. The van der Waals surface area contributed by atoms with Gasteiger partial charge in [0.2, 0.25) is 10.0 Å². The predicted octanol–water partition coefficient (Wildman–Crippen LogP) is -0.194. The molecule has 2 atom stereocenters. The average molecular weight is 302 g/mol. The van der Waals surface area contributed by atoms with Crippen LogP contribution in [0, 0.1) is 5.92 Å². The number of hydrogen-bond acceptors (Lipinski definition) is 5. The average Bonchev–Trinajstić information content (AvgIpc) is 3.03. The van der Waals surface area contributed by atoms with Crippen molar-refractivity contribution in [3.63, 3.8) is 0 Å². The van der Waals surface area contributed by atoms with Crippen LogP contribution in [0.15, 0.2) is 17.3 Å². The molecule has 7 nitrogen and oxygen atoms in total. The first-order chi connectivity index (χ1) is 9.53. The molecule has 114 valence electrons. The molecule has 0 bridgehead atoms. The normalized spacial score (nSPS) is 23.3. The van der Waals surface area contributed by atoms with Gasteiger partial charge in [0.25, 0.3) is 0 Å². The Morgan fingerprint density at radius 2 is 2.35 bits per heavy atom. The second-order valence-corrected chi connectivity index (χ2v) is 6.79. The summed E-state index contributed by atoms with van der Waals surface area (Å²) in [6, 6.07) is 0. The van der Waals surface area contributed by atoms with Crippen LogP contribution in [0.5, 0.6) is 0 Å². The van der Waals surface area contributed by atoms with Gasteiger partial charge in [-0.15, -0.1) is 0 Å². The first-order valence-electron chi connectivity index (χ1n) is 6.81. The maximum atomic E-state index is 12.2. The van der Waals surface area contributed by atoms with Crippen LogP contribution in [0.1, 0.15) is 13.3 Å². The molecule has 1 fully saturated rings. The van der Waals surface area contributed by atoms with Gasteiger partial charge in [-0.3, -0.25) is 4.68 Å². The van der Waals surface area contributed by atoms with E-state index in [1.807, 2.05) is 14.0 Å². The third-order valence-electron chi connectivity index (χ3n) is 3.58. The second kappa shape index (κ2) is 6.66. The van der Waals surface area contributed by atoms with Gasteiger partial charge in [-0.05, 0) is 20.4 Å². The van der Waals surface area contributed by atoms with E-state index in [-0.39, 0.29) is 16.9 Å². The number of rotatable bonds is 7. The summed E-state index contributed by atoms with van der Waals surface area (Å²) in [6.45, 7) is 4.47. The molecule has 0 spiro atoms. The van der Waals surface area contributed by atoms with Gasteiger partial charge < -0.3 is 10.1 Å². The standard InChI is InChI=1S/C12H22N4O3S/c1-10-11(3-6-19-10)7-15-20(17,18)12-8-14-16(9-12)5-4-13-2/h8-11,13,15H,3-7H2,1-2H3. The van der Waals surface area contributed by atoms with Gasteiger partial charge in [-0.25, -0.2) is 13.1 Å². The molecule has 0 aromatic carbocycles.